The van der Waals surface area contributed by atoms with E-state index in [-0.39, 0.29) is 0 Å². The van der Waals surface area contributed by atoms with Crippen molar-refractivity contribution in [1.82, 2.24) is 15.1 Å². The minimum atomic E-state index is 0.618. The molecule has 1 fully saturated rings. The van der Waals surface area contributed by atoms with Gasteiger partial charge in [-0.1, -0.05) is 39.0 Å². The molecule has 2 rings (SSSR count). The Morgan fingerprint density at radius 2 is 2.10 bits per heavy atom. The van der Waals surface area contributed by atoms with Crippen molar-refractivity contribution in [2.24, 2.45) is 13.0 Å². The minimum absolute atomic E-state index is 0.618. The standard InChI is InChI=1S/C17H31N3/c1-4-10-18-16(12-15-8-6-5-7-9-15)13-17-11-14(2)19-20(17)3/h11,15-16,18H,4-10,12-13H2,1-3H3. The average Bonchev–Trinajstić information content (AvgIpc) is 2.75. The fraction of sp³-hybridized carbons (Fsp3) is 0.824. The normalized spacial score (nSPS) is 18.4. The Kier molecular flexibility index (Phi) is 6.08. The van der Waals surface area contributed by atoms with Gasteiger partial charge in [-0.15, -0.1) is 0 Å². The Morgan fingerprint density at radius 1 is 1.35 bits per heavy atom. The Balaban J connectivity index is 1.93. The number of aromatic nitrogens is 2. The van der Waals surface area contributed by atoms with Crippen molar-refractivity contribution in [3.63, 3.8) is 0 Å². The van der Waals surface area contributed by atoms with E-state index in [0.717, 1.165) is 24.6 Å². The van der Waals surface area contributed by atoms with Gasteiger partial charge in [-0.25, -0.2) is 0 Å². The number of rotatable bonds is 7. The van der Waals surface area contributed by atoms with Crippen LogP contribution in [0.1, 0.15) is 63.3 Å². The van der Waals surface area contributed by atoms with Gasteiger partial charge in [-0.05, 0) is 38.3 Å². The van der Waals surface area contributed by atoms with Gasteiger partial charge in [-0.2, -0.15) is 5.10 Å². The van der Waals surface area contributed by atoms with Crippen molar-refractivity contribution in [2.75, 3.05) is 6.54 Å². The quantitative estimate of drug-likeness (QED) is 0.825. The zero-order chi connectivity index (χ0) is 14.4. The lowest BCUT2D eigenvalue weighted by Crippen LogP contribution is -2.34. The Hall–Kier alpha value is -0.830. The highest BCUT2D eigenvalue weighted by Crippen LogP contribution is 2.28. The second kappa shape index (κ2) is 7.82. The Morgan fingerprint density at radius 3 is 2.70 bits per heavy atom. The van der Waals surface area contributed by atoms with E-state index in [1.807, 2.05) is 0 Å². The minimum Gasteiger partial charge on any atom is -0.314 e. The van der Waals surface area contributed by atoms with Crippen molar-refractivity contribution in [3.8, 4) is 0 Å². The zero-order valence-electron chi connectivity index (χ0n) is 13.5. The first-order valence-corrected chi connectivity index (χ1v) is 8.42. The molecule has 0 aromatic carbocycles. The predicted molar refractivity (Wildman–Crippen MR) is 84.9 cm³/mol. The van der Waals surface area contributed by atoms with Crippen molar-refractivity contribution < 1.29 is 0 Å². The van der Waals surface area contributed by atoms with Crippen molar-refractivity contribution in [2.45, 2.75) is 71.3 Å². The molecule has 3 heteroatoms. The van der Waals surface area contributed by atoms with Gasteiger partial charge < -0.3 is 5.32 Å². The lowest BCUT2D eigenvalue weighted by molar-refractivity contribution is 0.295. The number of hydrogen-bond donors (Lipinski definition) is 1. The molecular weight excluding hydrogens is 246 g/mol. The maximum Gasteiger partial charge on any atom is 0.0596 e. The maximum absolute atomic E-state index is 4.48. The predicted octanol–water partition coefficient (Wildman–Crippen LogP) is 3.61. The van der Waals surface area contributed by atoms with Gasteiger partial charge in [0.15, 0.2) is 0 Å². The molecule has 0 aliphatic heterocycles. The molecule has 1 heterocycles. The van der Waals surface area contributed by atoms with Crippen LogP contribution in [0.5, 0.6) is 0 Å². The number of hydrogen-bond acceptors (Lipinski definition) is 2. The molecule has 3 nitrogen and oxygen atoms in total. The molecule has 1 atom stereocenters. The monoisotopic (exact) mass is 277 g/mol. The number of aryl methyl sites for hydroxylation is 2. The third-order valence-electron chi connectivity index (χ3n) is 4.58. The van der Waals surface area contributed by atoms with Gasteiger partial charge in [0.2, 0.25) is 0 Å². The topological polar surface area (TPSA) is 29.9 Å². The van der Waals surface area contributed by atoms with Gasteiger partial charge in [0.1, 0.15) is 0 Å². The van der Waals surface area contributed by atoms with Crippen molar-refractivity contribution in [3.05, 3.63) is 17.5 Å². The van der Waals surface area contributed by atoms with Crippen molar-refractivity contribution >= 4 is 0 Å². The summed E-state index contributed by atoms with van der Waals surface area (Å²) in [5, 5.41) is 8.24. The van der Waals surface area contributed by atoms with E-state index in [1.165, 1.54) is 50.6 Å². The second-order valence-corrected chi connectivity index (χ2v) is 6.50. The molecule has 1 aromatic rings. The van der Waals surface area contributed by atoms with Crippen LogP contribution in [0, 0.1) is 12.8 Å². The van der Waals surface area contributed by atoms with Gasteiger partial charge in [0, 0.05) is 25.2 Å². The summed E-state index contributed by atoms with van der Waals surface area (Å²) in [6.45, 7) is 5.46. The summed E-state index contributed by atoms with van der Waals surface area (Å²) < 4.78 is 2.05. The summed E-state index contributed by atoms with van der Waals surface area (Å²) in [6, 6.07) is 2.86. The summed E-state index contributed by atoms with van der Waals surface area (Å²) in [6.07, 6.45) is 10.9. The lowest BCUT2D eigenvalue weighted by atomic mass is 9.84. The van der Waals surface area contributed by atoms with E-state index in [4.69, 9.17) is 0 Å². The first-order chi connectivity index (χ1) is 9.69. The summed E-state index contributed by atoms with van der Waals surface area (Å²) in [4.78, 5) is 0. The third-order valence-corrected chi connectivity index (χ3v) is 4.58. The van der Waals surface area contributed by atoms with Crippen LogP contribution in [-0.2, 0) is 13.5 Å². The lowest BCUT2D eigenvalue weighted by Gasteiger charge is -2.27. The molecule has 20 heavy (non-hydrogen) atoms. The van der Waals surface area contributed by atoms with Crippen LogP contribution in [0.4, 0.5) is 0 Å². The summed E-state index contributed by atoms with van der Waals surface area (Å²) in [5.41, 5.74) is 2.50. The third kappa shape index (κ3) is 4.62. The smallest absolute Gasteiger partial charge is 0.0596 e. The molecule has 114 valence electrons. The van der Waals surface area contributed by atoms with Crippen LogP contribution in [0.25, 0.3) is 0 Å². The summed E-state index contributed by atoms with van der Waals surface area (Å²) in [7, 11) is 2.07. The molecule has 1 saturated carbocycles. The van der Waals surface area contributed by atoms with Gasteiger partial charge in [0.05, 0.1) is 5.69 Å². The average molecular weight is 277 g/mol. The molecule has 0 spiro atoms. The molecule has 1 N–H and O–H groups in total. The summed E-state index contributed by atoms with van der Waals surface area (Å²) in [5.74, 6) is 0.937. The van der Waals surface area contributed by atoms with Crippen LogP contribution in [0.15, 0.2) is 6.07 Å². The molecule has 0 amide bonds. The molecule has 0 radical (unpaired) electrons. The van der Waals surface area contributed by atoms with Crippen molar-refractivity contribution in [1.29, 1.82) is 0 Å². The highest BCUT2D eigenvalue weighted by Gasteiger charge is 2.20. The van der Waals surface area contributed by atoms with Crippen LogP contribution >= 0.6 is 0 Å². The molecule has 0 saturated heterocycles. The van der Waals surface area contributed by atoms with E-state index in [9.17, 15) is 0 Å². The molecule has 0 bridgehead atoms. The SMILES string of the molecule is CCCNC(Cc1cc(C)nn1C)CC1CCCCC1. The molecular formula is C17H31N3. The van der Waals surface area contributed by atoms with Gasteiger partial charge >= 0.3 is 0 Å². The Labute approximate surface area is 124 Å². The van der Waals surface area contributed by atoms with Gasteiger partial charge in [-0.3, -0.25) is 4.68 Å². The van der Waals surface area contributed by atoms with Crippen LogP contribution in [0.3, 0.4) is 0 Å². The van der Waals surface area contributed by atoms with Crippen LogP contribution in [-0.4, -0.2) is 22.4 Å². The first-order valence-electron chi connectivity index (χ1n) is 8.42. The largest absolute Gasteiger partial charge is 0.314 e. The van der Waals surface area contributed by atoms with Crippen LogP contribution < -0.4 is 5.32 Å². The van der Waals surface area contributed by atoms with E-state index in [2.05, 4.69) is 42.1 Å². The fourth-order valence-electron chi connectivity index (χ4n) is 3.52. The van der Waals surface area contributed by atoms with Crippen LogP contribution in [0.2, 0.25) is 0 Å². The van der Waals surface area contributed by atoms with E-state index >= 15 is 0 Å². The highest BCUT2D eigenvalue weighted by molar-refractivity contribution is 5.10. The molecule has 1 aliphatic rings. The van der Waals surface area contributed by atoms with E-state index in [0.29, 0.717) is 6.04 Å². The highest BCUT2D eigenvalue weighted by atomic mass is 15.3. The number of nitrogens with one attached hydrogen (secondary N) is 1. The molecule has 1 unspecified atom stereocenters. The first kappa shape index (κ1) is 15.6. The number of nitrogens with zero attached hydrogens (tertiary/aromatic N) is 2. The van der Waals surface area contributed by atoms with E-state index in [1.54, 1.807) is 0 Å². The zero-order valence-corrected chi connectivity index (χ0v) is 13.5. The molecule has 1 aromatic heterocycles. The maximum atomic E-state index is 4.48. The summed E-state index contributed by atoms with van der Waals surface area (Å²) >= 11 is 0. The second-order valence-electron chi connectivity index (χ2n) is 6.50. The van der Waals surface area contributed by atoms with Gasteiger partial charge in [0.25, 0.3) is 0 Å². The molecule has 1 aliphatic carbocycles. The van der Waals surface area contributed by atoms with E-state index < -0.39 is 0 Å². The Bertz CT molecular complexity index is 391. The fourth-order valence-corrected chi connectivity index (χ4v) is 3.52.